The van der Waals surface area contributed by atoms with E-state index in [1.54, 1.807) is 6.20 Å². The molecule has 1 aromatic carbocycles. The second-order valence-electron chi connectivity index (χ2n) is 7.74. The topological polar surface area (TPSA) is 78.7 Å². The fourth-order valence-corrected chi connectivity index (χ4v) is 3.86. The Morgan fingerprint density at radius 1 is 1.03 bits per heavy atom. The van der Waals surface area contributed by atoms with Gasteiger partial charge >= 0.3 is 0 Å². The van der Waals surface area contributed by atoms with Gasteiger partial charge in [-0.15, -0.1) is 0 Å². The largest absolute Gasteiger partial charge is 0.486 e. The predicted octanol–water partition coefficient (Wildman–Crippen LogP) is 2.92. The van der Waals surface area contributed by atoms with Crippen molar-refractivity contribution in [3.05, 3.63) is 36.0 Å². The lowest BCUT2D eigenvalue weighted by molar-refractivity contribution is 0.0304. The van der Waals surface area contributed by atoms with Crippen LogP contribution in [0.15, 0.2) is 30.5 Å². The number of hydrogen-bond acceptors (Lipinski definition) is 6. The molecule has 1 amide bonds. The summed E-state index contributed by atoms with van der Waals surface area (Å²) in [4.78, 5) is 20.1. The van der Waals surface area contributed by atoms with Gasteiger partial charge in [0.05, 0.1) is 36.1 Å². The Balaban J connectivity index is 1.65. The lowest BCUT2D eigenvalue weighted by atomic mass is 10.0. The van der Waals surface area contributed by atoms with Crippen LogP contribution in [-0.4, -0.2) is 65.1 Å². The molecule has 3 aromatic rings. The fraction of sp³-hybridized carbons (Fsp3) is 0.409. The Morgan fingerprint density at radius 2 is 1.80 bits per heavy atom. The average Bonchev–Trinajstić information content (AvgIpc) is 3.22. The van der Waals surface area contributed by atoms with Crippen molar-refractivity contribution in [3.63, 3.8) is 0 Å². The molecule has 2 aromatic heterocycles. The highest BCUT2D eigenvalue weighted by Crippen LogP contribution is 2.35. The highest BCUT2D eigenvalue weighted by atomic mass is 16.6. The number of rotatable bonds is 3. The lowest BCUT2D eigenvalue weighted by Gasteiger charge is -2.27. The van der Waals surface area contributed by atoms with Crippen LogP contribution in [0.3, 0.4) is 0 Å². The molecule has 0 spiro atoms. The van der Waals surface area contributed by atoms with Crippen LogP contribution < -0.4 is 9.47 Å². The number of aromatic nitrogens is 3. The van der Waals surface area contributed by atoms with Crippen LogP contribution in [0.25, 0.3) is 22.3 Å². The number of morpholine rings is 1. The average molecular weight is 408 g/mol. The van der Waals surface area contributed by atoms with Gasteiger partial charge < -0.3 is 19.1 Å². The minimum atomic E-state index is -0.0206. The van der Waals surface area contributed by atoms with E-state index in [0.29, 0.717) is 62.2 Å². The molecule has 156 valence electrons. The van der Waals surface area contributed by atoms with E-state index < -0.39 is 0 Å². The lowest BCUT2D eigenvalue weighted by Crippen LogP contribution is -2.40. The number of amides is 1. The number of benzene rings is 1. The maximum Gasteiger partial charge on any atom is 0.254 e. The molecule has 4 heterocycles. The number of carbonyl (C=O) groups is 1. The summed E-state index contributed by atoms with van der Waals surface area (Å²) in [7, 11) is 0. The zero-order chi connectivity index (χ0) is 20.7. The van der Waals surface area contributed by atoms with Crippen molar-refractivity contribution in [2.24, 2.45) is 0 Å². The van der Waals surface area contributed by atoms with Crippen molar-refractivity contribution in [1.82, 2.24) is 19.7 Å². The fourth-order valence-electron chi connectivity index (χ4n) is 3.86. The molecule has 0 aliphatic carbocycles. The van der Waals surface area contributed by atoms with E-state index in [1.807, 2.05) is 47.7 Å². The summed E-state index contributed by atoms with van der Waals surface area (Å²) in [5.74, 6) is 1.40. The van der Waals surface area contributed by atoms with E-state index in [2.05, 4.69) is 5.10 Å². The number of ether oxygens (including phenoxy) is 3. The summed E-state index contributed by atoms with van der Waals surface area (Å²) in [6.07, 6.45) is 1.74. The minimum Gasteiger partial charge on any atom is -0.486 e. The van der Waals surface area contributed by atoms with Crippen LogP contribution in [-0.2, 0) is 4.74 Å². The van der Waals surface area contributed by atoms with Gasteiger partial charge in [0.1, 0.15) is 13.2 Å². The van der Waals surface area contributed by atoms with Crippen LogP contribution in [0.1, 0.15) is 30.2 Å². The van der Waals surface area contributed by atoms with E-state index in [1.165, 1.54) is 0 Å². The number of hydrogen-bond donors (Lipinski definition) is 0. The van der Waals surface area contributed by atoms with Crippen LogP contribution in [0.5, 0.6) is 11.5 Å². The van der Waals surface area contributed by atoms with Gasteiger partial charge in [-0.1, -0.05) is 0 Å². The molecule has 2 aliphatic heterocycles. The normalized spacial score (nSPS) is 16.3. The first-order chi connectivity index (χ1) is 14.6. The van der Waals surface area contributed by atoms with Gasteiger partial charge in [-0.05, 0) is 38.1 Å². The molecule has 0 N–H and O–H groups in total. The Bertz CT molecular complexity index is 1100. The maximum atomic E-state index is 13.4. The van der Waals surface area contributed by atoms with E-state index >= 15 is 0 Å². The molecule has 8 nitrogen and oxygen atoms in total. The Morgan fingerprint density at radius 3 is 2.57 bits per heavy atom. The van der Waals surface area contributed by atoms with Crippen LogP contribution in [0.4, 0.5) is 0 Å². The van der Waals surface area contributed by atoms with Crippen LogP contribution >= 0.6 is 0 Å². The zero-order valence-corrected chi connectivity index (χ0v) is 17.1. The molecule has 8 heteroatoms. The molecule has 2 aliphatic rings. The monoisotopic (exact) mass is 408 g/mol. The molecule has 1 saturated heterocycles. The summed E-state index contributed by atoms with van der Waals surface area (Å²) in [5, 5.41) is 5.27. The van der Waals surface area contributed by atoms with Gasteiger partial charge in [0.15, 0.2) is 17.1 Å². The van der Waals surface area contributed by atoms with Crippen molar-refractivity contribution in [2.45, 2.75) is 19.9 Å². The van der Waals surface area contributed by atoms with Gasteiger partial charge in [-0.25, -0.2) is 9.67 Å². The SMILES string of the molecule is CC(C)n1ncc2c(C(=O)N3CCOCC3)cc(-c3ccc4c(c3)OCCO4)nc21. The molecule has 1 fully saturated rings. The van der Waals surface area contributed by atoms with E-state index in [4.69, 9.17) is 19.2 Å². The van der Waals surface area contributed by atoms with Crippen molar-refractivity contribution in [3.8, 4) is 22.8 Å². The van der Waals surface area contributed by atoms with Gasteiger partial charge in [0.2, 0.25) is 0 Å². The molecule has 0 bridgehead atoms. The summed E-state index contributed by atoms with van der Waals surface area (Å²) in [6.45, 7) is 7.44. The second-order valence-corrected chi connectivity index (χ2v) is 7.74. The Hall–Kier alpha value is -3.13. The molecule has 0 atom stereocenters. The second kappa shape index (κ2) is 7.60. The maximum absolute atomic E-state index is 13.4. The highest BCUT2D eigenvalue weighted by molar-refractivity contribution is 6.06. The molecule has 0 radical (unpaired) electrons. The van der Waals surface area contributed by atoms with E-state index in [-0.39, 0.29) is 11.9 Å². The number of fused-ring (bicyclic) bond motifs is 2. The first-order valence-electron chi connectivity index (χ1n) is 10.3. The zero-order valence-electron chi connectivity index (χ0n) is 17.1. The van der Waals surface area contributed by atoms with Crippen LogP contribution in [0.2, 0.25) is 0 Å². The van der Waals surface area contributed by atoms with E-state index in [0.717, 1.165) is 16.7 Å². The number of pyridine rings is 1. The molecule has 0 saturated carbocycles. The predicted molar refractivity (Wildman–Crippen MR) is 111 cm³/mol. The molecule has 5 rings (SSSR count). The molecular weight excluding hydrogens is 384 g/mol. The molecule has 30 heavy (non-hydrogen) atoms. The Labute approximate surface area is 174 Å². The van der Waals surface area contributed by atoms with Crippen molar-refractivity contribution >= 4 is 16.9 Å². The first kappa shape index (κ1) is 18.9. The third-order valence-corrected chi connectivity index (χ3v) is 5.42. The molecule has 0 unspecified atom stereocenters. The first-order valence-corrected chi connectivity index (χ1v) is 10.3. The van der Waals surface area contributed by atoms with Gasteiger partial charge in [-0.2, -0.15) is 5.10 Å². The minimum absolute atomic E-state index is 0.0206. The van der Waals surface area contributed by atoms with Gasteiger partial charge in [-0.3, -0.25) is 4.79 Å². The van der Waals surface area contributed by atoms with Gasteiger partial charge in [0.25, 0.3) is 5.91 Å². The standard InChI is InChI=1S/C22H24N4O4/c1-14(2)26-21-17(13-23-26)16(22(27)25-5-7-28-8-6-25)12-18(24-21)15-3-4-19-20(11-15)30-10-9-29-19/h3-4,11-14H,5-10H2,1-2H3. The summed E-state index contributed by atoms with van der Waals surface area (Å²) < 4.78 is 18.6. The van der Waals surface area contributed by atoms with Crippen LogP contribution in [0, 0.1) is 0 Å². The van der Waals surface area contributed by atoms with Crippen molar-refractivity contribution in [2.75, 3.05) is 39.5 Å². The Kier molecular flexibility index (Phi) is 4.78. The van der Waals surface area contributed by atoms with Crippen molar-refractivity contribution < 1.29 is 19.0 Å². The van der Waals surface area contributed by atoms with E-state index in [9.17, 15) is 4.79 Å². The third kappa shape index (κ3) is 3.27. The number of nitrogens with zero attached hydrogens (tertiary/aromatic N) is 4. The quantitative estimate of drug-likeness (QED) is 0.663. The summed E-state index contributed by atoms with van der Waals surface area (Å²) in [6, 6.07) is 7.73. The third-order valence-electron chi connectivity index (χ3n) is 5.42. The van der Waals surface area contributed by atoms with Crippen molar-refractivity contribution in [1.29, 1.82) is 0 Å². The number of carbonyl (C=O) groups excluding carboxylic acids is 1. The summed E-state index contributed by atoms with van der Waals surface area (Å²) >= 11 is 0. The molecular formula is C22H24N4O4. The summed E-state index contributed by atoms with van der Waals surface area (Å²) in [5.41, 5.74) is 2.89. The highest BCUT2D eigenvalue weighted by Gasteiger charge is 2.24. The van der Waals surface area contributed by atoms with Gasteiger partial charge in [0, 0.05) is 24.7 Å². The smallest absolute Gasteiger partial charge is 0.254 e.